The van der Waals surface area contributed by atoms with Crippen molar-refractivity contribution >= 4 is 17.0 Å². The molecule has 118 valence electrons. The van der Waals surface area contributed by atoms with Crippen molar-refractivity contribution in [2.75, 3.05) is 0 Å². The van der Waals surface area contributed by atoms with Gasteiger partial charge >= 0.3 is 11.9 Å². The minimum atomic E-state index is -3.91. The second-order valence-electron chi connectivity index (χ2n) is 6.30. The van der Waals surface area contributed by atoms with Gasteiger partial charge in [0.05, 0.1) is 21.8 Å². The zero-order chi connectivity index (χ0) is 15.6. The van der Waals surface area contributed by atoms with Crippen molar-refractivity contribution in [1.29, 1.82) is 0 Å². The Morgan fingerprint density at radius 1 is 1.25 bits per heavy atom. The van der Waals surface area contributed by atoms with Gasteiger partial charge in [-0.3, -0.25) is 0 Å². The van der Waals surface area contributed by atoms with Crippen LogP contribution in [0.15, 0.2) is 0 Å². The maximum absolute atomic E-state index is 13.9. The molecule has 0 aromatic rings. The Balaban J connectivity index is 2.95. The molecule has 1 aliphatic rings. The summed E-state index contributed by atoms with van der Waals surface area (Å²) >= 11 is 0. The van der Waals surface area contributed by atoms with Crippen LogP contribution in [-0.2, 0) is 15.8 Å². The summed E-state index contributed by atoms with van der Waals surface area (Å²) in [5, 5.41) is 8.77. The first-order valence-corrected chi connectivity index (χ1v) is 8.01. The van der Waals surface area contributed by atoms with Gasteiger partial charge in [-0.15, -0.1) is 0 Å². The van der Waals surface area contributed by atoms with Crippen LogP contribution in [0.4, 0.5) is 8.78 Å². The first kappa shape index (κ1) is 17.5. The van der Waals surface area contributed by atoms with Gasteiger partial charge < -0.3 is 5.11 Å². The van der Waals surface area contributed by atoms with E-state index in [2.05, 4.69) is 4.72 Å². The highest BCUT2D eigenvalue weighted by Gasteiger charge is 2.52. The first-order valence-electron chi connectivity index (χ1n) is 6.86. The molecule has 1 rings (SSSR count). The topological polar surface area (TPSA) is 66.4 Å². The molecule has 7 heteroatoms. The quantitative estimate of drug-likeness (QED) is 0.820. The summed E-state index contributed by atoms with van der Waals surface area (Å²) in [5.41, 5.74) is 0. The predicted molar refractivity (Wildman–Crippen MR) is 74.0 cm³/mol. The van der Waals surface area contributed by atoms with E-state index in [4.69, 9.17) is 5.11 Å². The molecule has 20 heavy (non-hydrogen) atoms. The summed E-state index contributed by atoms with van der Waals surface area (Å²) in [7, 11) is -1.73. The van der Waals surface area contributed by atoms with Gasteiger partial charge in [0.15, 0.2) is 0 Å². The molecule has 0 aliphatic heterocycles. The Kier molecular flexibility index (Phi) is 5.66. The number of alkyl halides is 2. The highest BCUT2D eigenvalue weighted by molar-refractivity contribution is 7.84. The number of carbonyl (C=O) groups is 1. The van der Waals surface area contributed by atoms with E-state index in [0.717, 1.165) is 19.3 Å². The summed E-state index contributed by atoms with van der Waals surface area (Å²) in [5.74, 6) is -6.53. The maximum Gasteiger partial charge on any atom is 0.376 e. The van der Waals surface area contributed by atoms with Crippen molar-refractivity contribution in [3.05, 3.63) is 0 Å². The third-order valence-electron chi connectivity index (χ3n) is 3.59. The molecule has 0 aromatic heterocycles. The largest absolute Gasteiger partial charge is 0.477 e. The lowest BCUT2D eigenvalue weighted by Crippen LogP contribution is -2.56. The number of hydrogen-bond donors (Lipinski definition) is 2. The third-order valence-corrected chi connectivity index (χ3v) is 5.17. The summed E-state index contributed by atoms with van der Waals surface area (Å²) in [4.78, 5) is 10.8. The number of nitrogens with one attached hydrogen (secondary N) is 1. The fourth-order valence-corrected chi connectivity index (χ4v) is 3.28. The summed E-state index contributed by atoms with van der Waals surface area (Å²) in [6.07, 6.45) is 3.68. The van der Waals surface area contributed by atoms with Crippen molar-refractivity contribution in [2.24, 2.45) is 5.92 Å². The Morgan fingerprint density at radius 3 is 2.15 bits per heavy atom. The molecule has 0 amide bonds. The van der Waals surface area contributed by atoms with E-state index in [1.165, 1.54) is 0 Å². The van der Waals surface area contributed by atoms with Gasteiger partial charge in [0.1, 0.15) is 0 Å². The number of hydrogen-bond acceptors (Lipinski definition) is 2. The van der Waals surface area contributed by atoms with Gasteiger partial charge in [0, 0.05) is 0 Å². The predicted octanol–water partition coefficient (Wildman–Crippen LogP) is 2.71. The van der Waals surface area contributed by atoms with Crippen LogP contribution in [0, 0.1) is 5.92 Å². The van der Waals surface area contributed by atoms with E-state index in [1.54, 1.807) is 20.8 Å². The molecule has 0 radical (unpaired) electrons. The molecule has 2 N–H and O–H groups in total. The Morgan fingerprint density at radius 2 is 1.75 bits per heavy atom. The van der Waals surface area contributed by atoms with Crippen molar-refractivity contribution in [3.8, 4) is 0 Å². The average Bonchev–Trinajstić information content (AvgIpc) is 2.35. The second-order valence-corrected chi connectivity index (χ2v) is 8.30. The maximum atomic E-state index is 13.9. The van der Waals surface area contributed by atoms with Gasteiger partial charge in [-0.25, -0.2) is 13.7 Å². The minimum absolute atomic E-state index is 0.457. The lowest BCUT2D eigenvalue weighted by molar-refractivity contribution is -0.171. The fourth-order valence-electron chi connectivity index (χ4n) is 2.36. The van der Waals surface area contributed by atoms with E-state index in [-0.39, 0.29) is 0 Å². The molecule has 0 bridgehead atoms. The highest BCUT2D eigenvalue weighted by atomic mass is 32.2. The molecule has 0 heterocycles. The minimum Gasteiger partial charge on any atom is -0.477 e. The van der Waals surface area contributed by atoms with E-state index < -0.39 is 39.6 Å². The van der Waals surface area contributed by atoms with Crippen LogP contribution in [0.1, 0.15) is 52.9 Å². The summed E-state index contributed by atoms with van der Waals surface area (Å²) < 4.78 is 41.6. The molecule has 1 saturated carbocycles. The zero-order valence-corrected chi connectivity index (χ0v) is 12.9. The highest BCUT2D eigenvalue weighted by Crippen LogP contribution is 2.34. The van der Waals surface area contributed by atoms with E-state index in [1.807, 2.05) is 0 Å². The fraction of sp³-hybridized carbons (Fsp3) is 0.923. The SMILES string of the molecule is CC(C)(C)[S@@](=O)N[C@H](C1CCCCC1)C(F)(F)C(=O)O. The standard InChI is InChI=1S/C13H23F2NO3S/c1-12(2,3)20(19)16-10(13(14,15)11(17)18)9-7-5-4-6-8-9/h9-10,16H,4-8H2,1-3H3,(H,17,18)/t10-,20-/m1/s1. The molecule has 1 fully saturated rings. The molecule has 4 nitrogen and oxygen atoms in total. The third kappa shape index (κ3) is 4.22. The van der Waals surface area contributed by atoms with E-state index >= 15 is 0 Å². The van der Waals surface area contributed by atoms with Crippen LogP contribution in [0.2, 0.25) is 0 Å². The first-order chi connectivity index (χ1) is 9.06. The number of halogens is 2. The molecule has 0 saturated heterocycles. The normalized spacial score (nSPS) is 21.4. The van der Waals surface area contributed by atoms with Crippen molar-refractivity contribution < 1.29 is 22.9 Å². The van der Waals surface area contributed by atoms with Crippen LogP contribution in [-0.4, -0.2) is 32.0 Å². The van der Waals surface area contributed by atoms with Gasteiger partial charge in [0.2, 0.25) is 0 Å². The van der Waals surface area contributed by atoms with Crippen molar-refractivity contribution in [1.82, 2.24) is 4.72 Å². The van der Waals surface area contributed by atoms with Crippen LogP contribution in [0.25, 0.3) is 0 Å². The zero-order valence-electron chi connectivity index (χ0n) is 12.1. The number of carboxylic acid groups (broad SMARTS) is 1. The van der Waals surface area contributed by atoms with E-state index in [0.29, 0.717) is 12.8 Å². The van der Waals surface area contributed by atoms with Crippen LogP contribution in [0.5, 0.6) is 0 Å². The Bertz CT molecular complexity index is 376. The Labute approximate surface area is 120 Å². The molecular weight excluding hydrogens is 288 g/mol. The van der Waals surface area contributed by atoms with Gasteiger partial charge in [0.25, 0.3) is 0 Å². The molecule has 0 spiro atoms. The number of aliphatic carboxylic acids is 1. The molecular formula is C13H23F2NO3S. The number of carboxylic acids is 1. The lowest BCUT2D eigenvalue weighted by Gasteiger charge is -2.35. The second kappa shape index (κ2) is 6.47. The van der Waals surface area contributed by atoms with E-state index in [9.17, 15) is 17.8 Å². The Hall–Kier alpha value is -0.560. The average molecular weight is 311 g/mol. The lowest BCUT2D eigenvalue weighted by atomic mass is 9.82. The van der Waals surface area contributed by atoms with Crippen LogP contribution >= 0.6 is 0 Å². The monoisotopic (exact) mass is 311 g/mol. The molecule has 1 aliphatic carbocycles. The van der Waals surface area contributed by atoms with Gasteiger partial charge in [-0.2, -0.15) is 8.78 Å². The van der Waals surface area contributed by atoms with Crippen LogP contribution in [0.3, 0.4) is 0 Å². The summed E-state index contributed by atoms with van der Waals surface area (Å²) in [6, 6.07) is -1.58. The van der Waals surface area contributed by atoms with Gasteiger partial charge in [-0.05, 0) is 39.5 Å². The molecule has 0 aromatic carbocycles. The van der Waals surface area contributed by atoms with Crippen molar-refractivity contribution in [2.45, 2.75) is 69.6 Å². The smallest absolute Gasteiger partial charge is 0.376 e. The molecule has 0 unspecified atom stereocenters. The summed E-state index contributed by atoms with van der Waals surface area (Å²) in [6.45, 7) is 4.98. The van der Waals surface area contributed by atoms with Gasteiger partial charge in [-0.1, -0.05) is 19.3 Å². The van der Waals surface area contributed by atoms with Crippen LogP contribution < -0.4 is 4.72 Å². The molecule has 2 atom stereocenters. The van der Waals surface area contributed by atoms with Crippen molar-refractivity contribution in [3.63, 3.8) is 0 Å². The number of rotatable bonds is 5.